The van der Waals surface area contributed by atoms with Gasteiger partial charge < -0.3 is 5.32 Å². The molecular weight excluding hydrogens is 360 g/mol. The van der Waals surface area contributed by atoms with Crippen molar-refractivity contribution < 1.29 is 4.79 Å². The molecule has 0 saturated carbocycles. The fourth-order valence-electron chi connectivity index (χ4n) is 3.45. The van der Waals surface area contributed by atoms with Gasteiger partial charge in [0, 0.05) is 24.8 Å². The third-order valence-electron chi connectivity index (χ3n) is 5.12. The Morgan fingerprint density at radius 3 is 2.48 bits per heavy atom. The first kappa shape index (κ1) is 20.8. The van der Waals surface area contributed by atoms with E-state index < -0.39 is 0 Å². The van der Waals surface area contributed by atoms with Crippen LogP contribution in [-0.4, -0.2) is 33.7 Å². The molecule has 3 aromatic rings. The zero-order chi connectivity index (χ0) is 20.6. The van der Waals surface area contributed by atoms with Crippen LogP contribution < -0.4 is 5.32 Å². The molecule has 3 rings (SSSR count). The van der Waals surface area contributed by atoms with Gasteiger partial charge in [-0.15, -0.1) is 0 Å². The predicted octanol–water partition coefficient (Wildman–Crippen LogP) is 4.02. The lowest BCUT2D eigenvalue weighted by Crippen LogP contribution is -2.27. The summed E-state index contributed by atoms with van der Waals surface area (Å²) in [5.74, 6) is -0.0405. The Morgan fingerprint density at radius 1 is 1.03 bits per heavy atom. The first-order valence-electron chi connectivity index (χ1n) is 10.2. The number of hydrogen-bond donors (Lipinski definition) is 1. The van der Waals surface area contributed by atoms with Crippen LogP contribution in [0.5, 0.6) is 0 Å². The highest BCUT2D eigenvalue weighted by molar-refractivity contribution is 5.76. The average molecular weight is 391 g/mol. The molecule has 5 heteroatoms. The molecule has 0 atom stereocenters. The summed E-state index contributed by atoms with van der Waals surface area (Å²) in [6, 6.07) is 18.5. The molecule has 29 heavy (non-hydrogen) atoms. The van der Waals surface area contributed by atoms with E-state index in [2.05, 4.69) is 65.6 Å². The number of carbonyl (C=O) groups excluding carboxylic acids is 1. The third-order valence-corrected chi connectivity index (χ3v) is 5.12. The summed E-state index contributed by atoms with van der Waals surface area (Å²) in [5, 5.41) is 7.51. The van der Waals surface area contributed by atoms with Crippen LogP contribution in [0, 0.1) is 6.92 Å². The lowest BCUT2D eigenvalue weighted by molar-refractivity contribution is -0.122. The van der Waals surface area contributed by atoms with Gasteiger partial charge in [-0.05, 0) is 36.7 Å². The molecule has 0 saturated heterocycles. The van der Waals surface area contributed by atoms with E-state index in [0.29, 0.717) is 6.54 Å². The number of hydrogen-bond acceptors (Lipinski definition) is 3. The number of aromatic nitrogens is 2. The molecule has 0 aliphatic carbocycles. The molecule has 0 spiro atoms. The number of aryl methyl sites for hydroxylation is 1. The van der Waals surface area contributed by atoms with Crippen molar-refractivity contribution in [2.75, 3.05) is 13.1 Å². The van der Waals surface area contributed by atoms with E-state index in [1.165, 1.54) is 5.56 Å². The van der Waals surface area contributed by atoms with Crippen molar-refractivity contribution >= 4 is 5.91 Å². The van der Waals surface area contributed by atoms with Gasteiger partial charge in [-0.2, -0.15) is 5.10 Å². The first-order chi connectivity index (χ1) is 14.1. The number of benzene rings is 2. The van der Waals surface area contributed by atoms with Crippen LogP contribution in [0.25, 0.3) is 11.1 Å². The van der Waals surface area contributed by atoms with E-state index in [4.69, 9.17) is 0 Å². The molecule has 1 amide bonds. The van der Waals surface area contributed by atoms with Crippen molar-refractivity contribution in [3.63, 3.8) is 0 Å². The smallest absolute Gasteiger partial charge is 0.241 e. The lowest BCUT2D eigenvalue weighted by Gasteiger charge is -2.18. The minimum Gasteiger partial charge on any atom is -0.350 e. The molecule has 0 radical (unpaired) electrons. The summed E-state index contributed by atoms with van der Waals surface area (Å²) >= 11 is 0. The first-order valence-corrected chi connectivity index (χ1v) is 10.2. The summed E-state index contributed by atoms with van der Waals surface area (Å²) in [7, 11) is 0. The summed E-state index contributed by atoms with van der Waals surface area (Å²) in [6.45, 7) is 10.1. The van der Waals surface area contributed by atoms with Crippen LogP contribution >= 0.6 is 0 Å². The Balaban J connectivity index is 1.57. The van der Waals surface area contributed by atoms with Crippen molar-refractivity contribution in [3.05, 3.63) is 77.6 Å². The van der Waals surface area contributed by atoms with E-state index in [1.807, 2.05) is 31.3 Å². The highest BCUT2D eigenvalue weighted by atomic mass is 16.2. The summed E-state index contributed by atoms with van der Waals surface area (Å²) in [4.78, 5) is 14.8. The highest BCUT2D eigenvalue weighted by Crippen LogP contribution is 2.21. The molecule has 5 nitrogen and oxygen atoms in total. The molecule has 0 aliphatic rings. The van der Waals surface area contributed by atoms with Gasteiger partial charge in [0.05, 0.1) is 5.69 Å². The number of rotatable bonds is 9. The van der Waals surface area contributed by atoms with E-state index in [1.54, 1.807) is 4.68 Å². The monoisotopic (exact) mass is 390 g/mol. The summed E-state index contributed by atoms with van der Waals surface area (Å²) in [6.07, 6.45) is 1.94. The van der Waals surface area contributed by atoms with Crippen molar-refractivity contribution in [1.29, 1.82) is 0 Å². The van der Waals surface area contributed by atoms with Crippen molar-refractivity contribution in [3.8, 4) is 11.1 Å². The van der Waals surface area contributed by atoms with Crippen molar-refractivity contribution in [2.45, 2.75) is 40.4 Å². The van der Waals surface area contributed by atoms with Crippen LogP contribution in [0.4, 0.5) is 0 Å². The molecule has 2 aromatic carbocycles. The second-order valence-corrected chi connectivity index (χ2v) is 7.25. The van der Waals surface area contributed by atoms with Gasteiger partial charge in [0.1, 0.15) is 6.54 Å². The topological polar surface area (TPSA) is 50.2 Å². The second kappa shape index (κ2) is 10.0. The van der Waals surface area contributed by atoms with E-state index in [9.17, 15) is 4.79 Å². The average Bonchev–Trinajstić information content (AvgIpc) is 3.11. The van der Waals surface area contributed by atoms with E-state index >= 15 is 0 Å². The van der Waals surface area contributed by atoms with Crippen LogP contribution in [0.3, 0.4) is 0 Å². The van der Waals surface area contributed by atoms with Crippen LogP contribution in [0.15, 0.2) is 60.8 Å². The zero-order valence-corrected chi connectivity index (χ0v) is 17.6. The van der Waals surface area contributed by atoms with Crippen molar-refractivity contribution in [1.82, 2.24) is 20.0 Å². The van der Waals surface area contributed by atoms with Gasteiger partial charge in [0.15, 0.2) is 0 Å². The van der Waals surface area contributed by atoms with Gasteiger partial charge in [-0.25, -0.2) is 0 Å². The Labute approximate surface area is 173 Å². The van der Waals surface area contributed by atoms with Crippen LogP contribution in [0.1, 0.15) is 30.7 Å². The molecule has 1 heterocycles. The van der Waals surface area contributed by atoms with E-state index in [-0.39, 0.29) is 12.5 Å². The summed E-state index contributed by atoms with van der Waals surface area (Å²) in [5.41, 5.74) is 5.48. The number of carbonyl (C=O) groups is 1. The van der Waals surface area contributed by atoms with E-state index in [0.717, 1.165) is 42.0 Å². The van der Waals surface area contributed by atoms with Gasteiger partial charge in [0.25, 0.3) is 0 Å². The van der Waals surface area contributed by atoms with Gasteiger partial charge in [-0.1, -0.05) is 68.4 Å². The fraction of sp³-hybridized carbons (Fsp3) is 0.333. The number of nitrogens with zero attached hydrogens (tertiary/aromatic N) is 3. The molecule has 0 fully saturated rings. The molecular formula is C24H30N4O. The Hall–Kier alpha value is -2.92. The SMILES string of the molecule is CCN(CC)Cc1cccc(CNC(=O)Cn2cc(-c3ccccc3)c(C)n2)c1. The molecule has 152 valence electrons. The Morgan fingerprint density at radius 2 is 1.76 bits per heavy atom. The largest absolute Gasteiger partial charge is 0.350 e. The molecule has 1 N–H and O–H groups in total. The molecule has 0 bridgehead atoms. The quantitative estimate of drug-likeness (QED) is 0.600. The molecule has 1 aromatic heterocycles. The standard InChI is InChI=1S/C24H30N4O/c1-4-27(5-2)16-21-11-9-10-20(14-21)15-25-24(29)18-28-17-23(19(3)26-28)22-12-7-6-8-13-22/h6-14,17H,4-5,15-16,18H2,1-3H3,(H,25,29). The number of amides is 1. The maximum atomic E-state index is 12.4. The van der Waals surface area contributed by atoms with Gasteiger partial charge >= 0.3 is 0 Å². The highest BCUT2D eigenvalue weighted by Gasteiger charge is 2.10. The van der Waals surface area contributed by atoms with Gasteiger partial charge in [-0.3, -0.25) is 14.4 Å². The predicted molar refractivity (Wildman–Crippen MR) is 117 cm³/mol. The minimum absolute atomic E-state index is 0.0405. The van der Waals surface area contributed by atoms with Crippen LogP contribution in [0.2, 0.25) is 0 Å². The third kappa shape index (κ3) is 5.78. The van der Waals surface area contributed by atoms with Crippen molar-refractivity contribution in [2.24, 2.45) is 0 Å². The normalized spacial score (nSPS) is 11.0. The Kier molecular flexibility index (Phi) is 7.19. The maximum absolute atomic E-state index is 12.4. The molecule has 0 aliphatic heterocycles. The van der Waals surface area contributed by atoms with Gasteiger partial charge in [0.2, 0.25) is 5.91 Å². The second-order valence-electron chi connectivity index (χ2n) is 7.25. The zero-order valence-electron chi connectivity index (χ0n) is 17.6. The van der Waals surface area contributed by atoms with Crippen LogP contribution in [-0.2, 0) is 24.4 Å². The summed E-state index contributed by atoms with van der Waals surface area (Å²) < 4.78 is 1.71. The Bertz CT molecular complexity index is 929. The lowest BCUT2D eigenvalue weighted by atomic mass is 10.1. The minimum atomic E-state index is -0.0405. The maximum Gasteiger partial charge on any atom is 0.241 e. The fourth-order valence-corrected chi connectivity index (χ4v) is 3.45. The number of nitrogens with one attached hydrogen (secondary N) is 1. The molecule has 0 unspecified atom stereocenters.